The van der Waals surface area contributed by atoms with Gasteiger partial charge >= 0.3 is 0 Å². The lowest BCUT2D eigenvalue weighted by Gasteiger charge is -2.25. The summed E-state index contributed by atoms with van der Waals surface area (Å²) in [6.07, 6.45) is 0. The summed E-state index contributed by atoms with van der Waals surface area (Å²) in [6, 6.07) is 19.8. The monoisotopic (exact) mass is 449 g/mol. The summed E-state index contributed by atoms with van der Waals surface area (Å²) in [4.78, 5) is 27.7. The smallest absolute Gasteiger partial charge is 0.300 e. The number of hydrogen-bond acceptors (Lipinski definition) is 5. The number of amides is 1. The largest absolute Gasteiger partial charge is 0.507 e. The van der Waals surface area contributed by atoms with E-state index in [2.05, 4.69) is 0 Å². The van der Waals surface area contributed by atoms with Crippen molar-refractivity contribution in [2.45, 2.75) is 6.04 Å². The van der Waals surface area contributed by atoms with Gasteiger partial charge in [0, 0.05) is 17.3 Å². The summed E-state index contributed by atoms with van der Waals surface area (Å²) in [5.74, 6) is -0.951. The van der Waals surface area contributed by atoms with Gasteiger partial charge in [0.2, 0.25) is 0 Å². The van der Waals surface area contributed by atoms with E-state index < -0.39 is 17.7 Å². The highest BCUT2D eigenvalue weighted by molar-refractivity contribution is 6.51. The Bertz CT molecular complexity index is 1220. The van der Waals surface area contributed by atoms with Crippen LogP contribution >= 0.6 is 11.6 Å². The van der Waals surface area contributed by atoms with Crippen molar-refractivity contribution in [3.05, 3.63) is 94.5 Å². The number of halogens is 1. The molecule has 0 spiro atoms. The molecule has 1 saturated heterocycles. The Hall–Kier alpha value is -3.77. The van der Waals surface area contributed by atoms with Crippen molar-refractivity contribution in [3.63, 3.8) is 0 Å². The fraction of sp³-hybridized carbons (Fsp3) is 0.120. The Morgan fingerprint density at radius 2 is 1.69 bits per heavy atom. The number of carbonyl (C=O) groups excluding carboxylic acids is 2. The highest BCUT2D eigenvalue weighted by Gasteiger charge is 2.47. The minimum absolute atomic E-state index is 0.0200. The molecule has 4 rings (SSSR count). The zero-order chi connectivity index (χ0) is 22.8. The molecule has 0 bridgehead atoms. The normalized spacial score (nSPS) is 17.5. The molecule has 1 fully saturated rings. The van der Waals surface area contributed by atoms with Gasteiger partial charge in [0.05, 0.1) is 30.9 Å². The molecular formula is C25H20ClNO5. The van der Waals surface area contributed by atoms with Gasteiger partial charge in [-0.15, -0.1) is 0 Å². The van der Waals surface area contributed by atoms with Gasteiger partial charge in [-0.3, -0.25) is 14.5 Å². The maximum atomic E-state index is 13.2. The number of ketones is 1. The van der Waals surface area contributed by atoms with E-state index >= 15 is 0 Å². The van der Waals surface area contributed by atoms with Crippen molar-refractivity contribution >= 4 is 34.7 Å². The number of carbonyl (C=O) groups is 2. The van der Waals surface area contributed by atoms with Gasteiger partial charge in [-0.05, 0) is 35.9 Å². The van der Waals surface area contributed by atoms with Crippen molar-refractivity contribution < 1.29 is 24.2 Å². The predicted molar refractivity (Wildman–Crippen MR) is 122 cm³/mol. The Morgan fingerprint density at radius 1 is 0.938 bits per heavy atom. The molecule has 1 heterocycles. The molecule has 1 N–H and O–H groups in total. The molecule has 1 amide bonds. The van der Waals surface area contributed by atoms with Crippen molar-refractivity contribution in [2.75, 3.05) is 19.1 Å². The number of anilines is 1. The molecular weight excluding hydrogens is 430 g/mol. The minimum atomic E-state index is -0.829. The van der Waals surface area contributed by atoms with E-state index in [0.29, 0.717) is 33.3 Å². The second kappa shape index (κ2) is 8.77. The molecule has 32 heavy (non-hydrogen) atoms. The highest BCUT2D eigenvalue weighted by atomic mass is 35.5. The first-order valence-corrected chi connectivity index (χ1v) is 10.2. The van der Waals surface area contributed by atoms with E-state index in [4.69, 9.17) is 21.1 Å². The third kappa shape index (κ3) is 3.69. The molecule has 1 unspecified atom stereocenters. The third-order valence-electron chi connectivity index (χ3n) is 5.32. The summed E-state index contributed by atoms with van der Waals surface area (Å²) < 4.78 is 10.5. The first-order valence-electron chi connectivity index (χ1n) is 9.80. The predicted octanol–water partition coefficient (Wildman–Crippen LogP) is 4.98. The zero-order valence-corrected chi connectivity index (χ0v) is 18.2. The van der Waals surface area contributed by atoms with E-state index in [1.807, 2.05) is 18.2 Å². The van der Waals surface area contributed by atoms with E-state index in [1.165, 1.54) is 25.2 Å². The Kier molecular flexibility index (Phi) is 5.88. The first kappa shape index (κ1) is 21.5. The molecule has 6 nitrogen and oxygen atoms in total. The van der Waals surface area contributed by atoms with Gasteiger partial charge in [0.25, 0.3) is 11.7 Å². The zero-order valence-electron chi connectivity index (χ0n) is 17.4. The molecule has 0 aliphatic carbocycles. The Labute approximate surface area is 190 Å². The molecule has 162 valence electrons. The van der Waals surface area contributed by atoms with Gasteiger partial charge in [0.15, 0.2) is 0 Å². The number of aliphatic hydroxyl groups excluding tert-OH is 1. The molecule has 3 aromatic carbocycles. The van der Waals surface area contributed by atoms with Gasteiger partial charge in [-0.1, -0.05) is 48.0 Å². The third-order valence-corrected chi connectivity index (χ3v) is 5.63. The van der Waals surface area contributed by atoms with Crippen molar-refractivity contribution in [1.82, 2.24) is 0 Å². The fourth-order valence-corrected chi connectivity index (χ4v) is 3.97. The number of hydrogen-bond donors (Lipinski definition) is 1. The number of ether oxygens (including phenoxy) is 2. The standard InChI is InChI=1S/C25H20ClNO5/c1-31-18-10-6-9-17(14-18)27-22(15-7-4-3-5-8-15)21(24(29)25(27)30)23(28)16-11-12-19(26)20(13-16)32-2/h3-14,22,28H,1-2H3/b23-21+. The van der Waals surface area contributed by atoms with E-state index in [9.17, 15) is 14.7 Å². The summed E-state index contributed by atoms with van der Waals surface area (Å²) in [5.41, 5.74) is 1.45. The number of rotatable bonds is 5. The van der Waals surface area contributed by atoms with Crippen LogP contribution in [0.4, 0.5) is 5.69 Å². The number of methoxy groups -OCH3 is 2. The van der Waals surface area contributed by atoms with Crippen molar-refractivity contribution in [1.29, 1.82) is 0 Å². The average molecular weight is 450 g/mol. The van der Waals surface area contributed by atoms with Crippen molar-refractivity contribution in [2.24, 2.45) is 0 Å². The Balaban J connectivity index is 1.94. The van der Waals surface area contributed by atoms with Crippen LogP contribution in [0, 0.1) is 0 Å². The topological polar surface area (TPSA) is 76.1 Å². The lowest BCUT2D eigenvalue weighted by molar-refractivity contribution is -0.132. The van der Waals surface area contributed by atoms with Gasteiger partial charge in [-0.2, -0.15) is 0 Å². The molecule has 0 aromatic heterocycles. The van der Waals surface area contributed by atoms with Crippen LogP contribution in [-0.2, 0) is 9.59 Å². The lowest BCUT2D eigenvalue weighted by Crippen LogP contribution is -2.29. The molecule has 1 atom stereocenters. The summed E-state index contributed by atoms with van der Waals surface area (Å²) in [5, 5.41) is 11.5. The van der Waals surface area contributed by atoms with E-state index in [0.717, 1.165) is 0 Å². The number of nitrogens with zero attached hydrogens (tertiary/aromatic N) is 1. The average Bonchev–Trinajstić information content (AvgIpc) is 3.10. The van der Waals surface area contributed by atoms with Crippen LogP contribution in [0.1, 0.15) is 17.2 Å². The molecule has 0 saturated carbocycles. The number of aliphatic hydroxyl groups is 1. The first-order chi connectivity index (χ1) is 15.5. The highest BCUT2D eigenvalue weighted by Crippen LogP contribution is 2.43. The van der Waals surface area contributed by atoms with Crippen LogP contribution in [0.5, 0.6) is 11.5 Å². The van der Waals surface area contributed by atoms with E-state index in [-0.39, 0.29) is 11.3 Å². The van der Waals surface area contributed by atoms with E-state index in [1.54, 1.807) is 48.5 Å². The van der Waals surface area contributed by atoms with Gasteiger partial charge < -0.3 is 14.6 Å². The van der Waals surface area contributed by atoms with Gasteiger partial charge in [-0.25, -0.2) is 0 Å². The summed E-state index contributed by atoms with van der Waals surface area (Å²) in [6.45, 7) is 0. The van der Waals surface area contributed by atoms with Crippen LogP contribution in [0.15, 0.2) is 78.4 Å². The molecule has 0 radical (unpaired) electrons. The maximum Gasteiger partial charge on any atom is 0.300 e. The maximum absolute atomic E-state index is 13.2. The van der Waals surface area contributed by atoms with Crippen LogP contribution in [0.2, 0.25) is 5.02 Å². The Morgan fingerprint density at radius 3 is 2.38 bits per heavy atom. The van der Waals surface area contributed by atoms with Crippen LogP contribution in [-0.4, -0.2) is 31.0 Å². The van der Waals surface area contributed by atoms with Crippen LogP contribution in [0.25, 0.3) is 5.76 Å². The number of Topliss-reactive ketones (excluding diaryl/α,β-unsaturated/α-hetero) is 1. The fourth-order valence-electron chi connectivity index (χ4n) is 3.77. The molecule has 1 aliphatic heterocycles. The summed E-state index contributed by atoms with van der Waals surface area (Å²) in [7, 11) is 2.98. The SMILES string of the molecule is COc1cccc(N2C(=O)C(=O)/C(=C(/O)c3ccc(Cl)c(OC)c3)C2c2ccccc2)c1. The van der Waals surface area contributed by atoms with Gasteiger partial charge in [0.1, 0.15) is 17.3 Å². The van der Waals surface area contributed by atoms with Crippen molar-refractivity contribution in [3.8, 4) is 11.5 Å². The summed E-state index contributed by atoms with van der Waals surface area (Å²) >= 11 is 6.11. The second-order valence-corrected chi connectivity index (χ2v) is 7.54. The second-order valence-electron chi connectivity index (χ2n) is 7.13. The quantitative estimate of drug-likeness (QED) is 0.337. The molecule has 3 aromatic rings. The molecule has 1 aliphatic rings. The lowest BCUT2D eigenvalue weighted by atomic mass is 9.95. The molecule has 7 heteroatoms. The minimum Gasteiger partial charge on any atom is -0.507 e. The van der Waals surface area contributed by atoms with Crippen LogP contribution < -0.4 is 14.4 Å². The number of benzene rings is 3. The van der Waals surface area contributed by atoms with Crippen LogP contribution in [0.3, 0.4) is 0 Å².